The molecular formula is C25H18F8O4. The van der Waals surface area contributed by atoms with Gasteiger partial charge in [0, 0.05) is 23.1 Å². The molecule has 0 aliphatic carbocycles. The maximum absolute atomic E-state index is 14.7. The zero-order valence-corrected chi connectivity index (χ0v) is 19.0. The first-order chi connectivity index (χ1) is 17.5. The lowest BCUT2D eigenvalue weighted by Gasteiger charge is -2.28. The van der Waals surface area contributed by atoms with Crippen molar-refractivity contribution in [2.45, 2.75) is 19.3 Å². The van der Waals surface area contributed by atoms with Crippen LogP contribution in [-0.2, 0) is 20.4 Å². The Morgan fingerprint density at radius 3 is 1.86 bits per heavy atom. The number of alkyl halides is 2. The van der Waals surface area contributed by atoms with Crippen molar-refractivity contribution < 1.29 is 54.1 Å². The van der Waals surface area contributed by atoms with Gasteiger partial charge in [0.25, 0.3) is 0 Å². The minimum absolute atomic E-state index is 0.0471. The van der Waals surface area contributed by atoms with E-state index in [-0.39, 0.29) is 24.7 Å². The van der Waals surface area contributed by atoms with Gasteiger partial charge in [0.2, 0.25) is 0 Å². The summed E-state index contributed by atoms with van der Waals surface area (Å²) in [6.45, 7) is 4.31. The van der Waals surface area contributed by atoms with Crippen LogP contribution in [0.4, 0.5) is 35.1 Å². The van der Waals surface area contributed by atoms with Gasteiger partial charge in [0.1, 0.15) is 35.6 Å². The minimum Gasteiger partial charge on any atom is -0.429 e. The highest BCUT2D eigenvalue weighted by Gasteiger charge is 2.42. The predicted octanol–water partition coefficient (Wildman–Crippen LogP) is 6.81. The number of rotatable bonds is 5. The first-order valence-corrected chi connectivity index (χ1v) is 10.5. The summed E-state index contributed by atoms with van der Waals surface area (Å²) in [6, 6.07) is 4.33. The van der Waals surface area contributed by atoms with E-state index in [1.807, 2.05) is 13.7 Å². The molecule has 1 fully saturated rings. The third kappa shape index (κ3) is 6.08. The Bertz CT molecular complexity index is 1230. The molecule has 198 valence electrons. The number of hydrogen-bond donors (Lipinski definition) is 0. The molecule has 0 radical (unpaired) electrons. The lowest BCUT2D eigenvalue weighted by molar-refractivity contribution is -0.203. The summed E-state index contributed by atoms with van der Waals surface area (Å²) in [4.78, 5) is 8.00. The summed E-state index contributed by atoms with van der Waals surface area (Å²) in [5.74, 6) is -10.3. The molecular weight excluding hydrogens is 516 g/mol. The highest BCUT2D eigenvalue weighted by Crippen LogP contribution is 2.38. The maximum Gasteiger partial charge on any atom is 0.432 e. The second-order valence-electron chi connectivity index (χ2n) is 7.98. The summed E-state index contributed by atoms with van der Waals surface area (Å²) in [5.41, 5.74) is -2.74. The van der Waals surface area contributed by atoms with Crippen LogP contribution < -0.4 is 4.74 Å². The minimum atomic E-state index is -4.57. The lowest BCUT2D eigenvalue weighted by atomic mass is 10.0. The number of carbonyl (C=O) groups excluding carboxylic acids is 1. The molecule has 1 aliphatic heterocycles. The summed E-state index contributed by atoms with van der Waals surface area (Å²) in [5, 5.41) is 0. The van der Waals surface area contributed by atoms with Crippen molar-refractivity contribution in [3.63, 3.8) is 0 Å². The normalized spacial score (nSPS) is 17.6. The van der Waals surface area contributed by atoms with Crippen molar-refractivity contribution in [2.24, 2.45) is 5.92 Å². The van der Waals surface area contributed by atoms with E-state index in [0.29, 0.717) is 30.3 Å². The zero-order chi connectivity index (χ0) is 27.5. The highest BCUT2D eigenvalue weighted by atomic mass is 19.3. The van der Waals surface area contributed by atoms with Gasteiger partial charge < -0.3 is 19.0 Å². The summed E-state index contributed by atoms with van der Waals surface area (Å²) in [6.07, 6.45) is -5.71. The van der Waals surface area contributed by atoms with Gasteiger partial charge in [-0.05, 0) is 42.0 Å². The third-order valence-electron chi connectivity index (χ3n) is 5.17. The molecule has 0 aromatic heterocycles. The fourth-order valence-electron chi connectivity index (χ4n) is 3.50. The molecule has 4 rings (SSSR count). The van der Waals surface area contributed by atoms with E-state index in [1.54, 1.807) is 0 Å². The lowest BCUT2D eigenvalue weighted by Crippen LogP contribution is -2.27. The Morgan fingerprint density at radius 1 is 0.811 bits per heavy atom. The van der Waals surface area contributed by atoms with Crippen molar-refractivity contribution >= 4 is 6.79 Å². The second kappa shape index (κ2) is 11.3. The molecule has 3 aromatic carbocycles. The Morgan fingerprint density at radius 2 is 1.35 bits per heavy atom. The Kier molecular flexibility index (Phi) is 8.54. The summed E-state index contributed by atoms with van der Waals surface area (Å²) < 4.78 is 128. The average molecular weight is 534 g/mol. The number of benzene rings is 3. The molecule has 0 atom stereocenters. The molecule has 37 heavy (non-hydrogen) atoms. The van der Waals surface area contributed by atoms with E-state index >= 15 is 0 Å². The third-order valence-corrected chi connectivity index (χ3v) is 5.17. The topological polar surface area (TPSA) is 44.8 Å². The standard InChI is InChI=1S/C24H16F8O3.CH2O/c1-11-9-33-23(34-10-11)13-6-17(26)21(18(27)7-13)24(31,32)35-14-2-3-15(16(25)8-14)12-4-19(28)22(30)20(29)5-12;1-2/h2-8,11,23H,9-10H2,1H3;1H2. The molecule has 12 heteroatoms. The maximum atomic E-state index is 14.7. The number of hydrogen-bond acceptors (Lipinski definition) is 4. The van der Waals surface area contributed by atoms with E-state index in [2.05, 4.69) is 4.74 Å². The smallest absolute Gasteiger partial charge is 0.429 e. The molecule has 1 saturated heterocycles. The molecule has 3 aromatic rings. The van der Waals surface area contributed by atoms with Crippen molar-refractivity contribution in [1.82, 2.24) is 0 Å². The largest absolute Gasteiger partial charge is 0.432 e. The van der Waals surface area contributed by atoms with Gasteiger partial charge in [-0.1, -0.05) is 6.92 Å². The van der Waals surface area contributed by atoms with Gasteiger partial charge in [0.05, 0.1) is 13.2 Å². The van der Waals surface area contributed by atoms with Crippen molar-refractivity contribution in [2.75, 3.05) is 13.2 Å². The Balaban J connectivity index is 0.00000186. The van der Waals surface area contributed by atoms with Crippen LogP contribution in [0, 0.1) is 40.8 Å². The number of ether oxygens (including phenoxy) is 3. The van der Waals surface area contributed by atoms with E-state index in [0.717, 1.165) is 12.1 Å². The van der Waals surface area contributed by atoms with Gasteiger partial charge >= 0.3 is 6.11 Å². The molecule has 1 heterocycles. The van der Waals surface area contributed by atoms with Crippen LogP contribution in [0.15, 0.2) is 42.5 Å². The van der Waals surface area contributed by atoms with Gasteiger partial charge in [-0.3, -0.25) is 0 Å². The van der Waals surface area contributed by atoms with Crippen LogP contribution in [-0.4, -0.2) is 20.0 Å². The molecule has 1 aliphatic rings. The molecule has 0 bridgehead atoms. The predicted molar refractivity (Wildman–Crippen MR) is 114 cm³/mol. The highest BCUT2D eigenvalue weighted by molar-refractivity contribution is 5.65. The first-order valence-electron chi connectivity index (χ1n) is 10.5. The van der Waals surface area contributed by atoms with Crippen LogP contribution in [0.3, 0.4) is 0 Å². The van der Waals surface area contributed by atoms with Crippen LogP contribution in [0.2, 0.25) is 0 Å². The van der Waals surface area contributed by atoms with Gasteiger partial charge in [-0.2, -0.15) is 8.78 Å². The van der Waals surface area contributed by atoms with Crippen LogP contribution in [0.5, 0.6) is 5.75 Å². The molecule has 0 saturated carbocycles. The Hall–Kier alpha value is -3.51. The van der Waals surface area contributed by atoms with E-state index in [1.165, 1.54) is 0 Å². The van der Waals surface area contributed by atoms with E-state index < -0.39 is 69.7 Å². The average Bonchev–Trinajstić information content (AvgIpc) is 2.83. The quantitative estimate of drug-likeness (QED) is 0.267. The molecule has 0 N–H and O–H groups in total. The molecule has 0 spiro atoms. The molecule has 4 nitrogen and oxygen atoms in total. The summed E-state index contributed by atoms with van der Waals surface area (Å²) in [7, 11) is 0. The van der Waals surface area contributed by atoms with Crippen LogP contribution in [0.1, 0.15) is 24.3 Å². The van der Waals surface area contributed by atoms with E-state index in [4.69, 9.17) is 14.3 Å². The van der Waals surface area contributed by atoms with E-state index in [9.17, 15) is 35.1 Å². The first kappa shape index (κ1) is 28.1. The fraction of sp³-hybridized carbons (Fsp3) is 0.240. The van der Waals surface area contributed by atoms with Crippen LogP contribution >= 0.6 is 0 Å². The van der Waals surface area contributed by atoms with Gasteiger partial charge in [0.15, 0.2) is 23.7 Å². The zero-order valence-electron chi connectivity index (χ0n) is 19.0. The van der Waals surface area contributed by atoms with Crippen molar-refractivity contribution in [3.05, 3.63) is 88.5 Å². The second-order valence-corrected chi connectivity index (χ2v) is 7.98. The van der Waals surface area contributed by atoms with Gasteiger partial charge in [-0.15, -0.1) is 0 Å². The van der Waals surface area contributed by atoms with Crippen LogP contribution in [0.25, 0.3) is 11.1 Å². The monoisotopic (exact) mass is 534 g/mol. The number of halogens is 8. The summed E-state index contributed by atoms with van der Waals surface area (Å²) >= 11 is 0. The van der Waals surface area contributed by atoms with Gasteiger partial charge in [-0.25, -0.2) is 26.3 Å². The van der Waals surface area contributed by atoms with Crippen molar-refractivity contribution in [3.8, 4) is 16.9 Å². The molecule has 0 amide bonds. The fourth-order valence-corrected chi connectivity index (χ4v) is 3.50. The molecule has 0 unspecified atom stereocenters. The Labute approximate surface area is 205 Å². The SMILES string of the molecule is C=O.CC1COC(c2cc(F)c(C(F)(F)Oc3ccc(-c4cc(F)c(F)c(F)c4)c(F)c3)c(F)c2)OC1. The van der Waals surface area contributed by atoms with Crippen molar-refractivity contribution in [1.29, 1.82) is 0 Å². The number of carbonyl (C=O) groups is 1.